The van der Waals surface area contributed by atoms with Gasteiger partial charge in [-0.05, 0) is 19.3 Å². The Balaban J connectivity index is 2.39. The molecule has 0 fully saturated rings. The molecule has 0 bridgehead atoms. The van der Waals surface area contributed by atoms with Gasteiger partial charge in [-0.2, -0.15) is 0 Å². The minimum atomic E-state index is 0.154. The van der Waals surface area contributed by atoms with E-state index in [4.69, 9.17) is 10.5 Å². The number of hydrogen-bond donors (Lipinski definition) is 1. The molecule has 14 heavy (non-hydrogen) atoms. The van der Waals surface area contributed by atoms with Crippen LogP contribution in [0, 0.1) is 0 Å². The Morgan fingerprint density at radius 1 is 1.64 bits per heavy atom. The van der Waals surface area contributed by atoms with Gasteiger partial charge in [-0.25, -0.2) is 4.98 Å². The molecule has 1 unspecified atom stereocenters. The number of aryl methyl sites for hydroxylation is 1. The highest BCUT2D eigenvalue weighted by Gasteiger charge is 2.23. The molecule has 1 heterocycles. The number of fused-ring (bicyclic) bond motifs is 1. The predicted molar refractivity (Wildman–Crippen MR) is 53.8 cm³/mol. The highest BCUT2D eigenvalue weighted by atomic mass is 16.5. The summed E-state index contributed by atoms with van der Waals surface area (Å²) in [5.41, 5.74) is 8.42. The van der Waals surface area contributed by atoms with Crippen LogP contribution in [0.25, 0.3) is 0 Å². The van der Waals surface area contributed by atoms with Gasteiger partial charge in [0.15, 0.2) is 0 Å². The van der Waals surface area contributed by atoms with E-state index in [1.165, 1.54) is 11.4 Å². The molecule has 78 valence electrons. The topological polar surface area (TPSA) is 53.1 Å². The van der Waals surface area contributed by atoms with E-state index in [2.05, 4.69) is 9.55 Å². The van der Waals surface area contributed by atoms with E-state index < -0.39 is 0 Å². The number of nitrogens with zero attached hydrogens (tertiary/aromatic N) is 2. The fourth-order valence-corrected chi connectivity index (χ4v) is 2.15. The Morgan fingerprint density at radius 3 is 3.07 bits per heavy atom. The molecule has 1 aromatic rings. The lowest BCUT2D eigenvalue weighted by Gasteiger charge is -2.19. The molecule has 1 aliphatic rings. The fourth-order valence-electron chi connectivity index (χ4n) is 2.15. The smallest absolute Gasteiger partial charge is 0.135 e. The number of rotatable bonds is 2. The minimum absolute atomic E-state index is 0.154. The standard InChI is InChI=1S/C10H17N3O/c1-13-9(6-14-2)12-8-5-3-4-7(11)10(8)13/h7H,3-6,11H2,1-2H3. The van der Waals surface area contributed by atoms with Gasteiger partial charge in [-0.15, -0.1) is 0 Å². The molecule has 0 radical (unpaired) electrons. The van der Waals surface area contributed by atoms with Crippen molar-refractivity contribution in [2.75, 3.05) is 7.11 Å². The van der Waals surface area contributed by atoms with Gasteiger partial charge in [-0.1, -0.05) is 0 Å². The lowest BCUT2D eigenvalue weighted by Crippen LogP contribution is -2.20. The summed E-state index contributed by atoms with van der Waals surface area (Å²) < 4.78 is 7.18. The van der Waals surface area contributed by atoms with Crippen molar-refractivity contribution in [2.45, 2.75) is 31.9 Å². The van der Waals surface area contributed by atoms with E-state index in [1.54, 1.807) is 7.11 Å². The molecule has 0 aromatic carbocycles. The third-order valence-corrected chi connectivity index (χ3v) is 2.86. The van der Waals surface area contributed by atoms with Gasteiger partial charge in [0.2, 0.25) is 0 Å². The summed E-state index contributed by atoms with van der Waals surface area (Å²) >= 11 is 0. The Hall–Kier alpha value is -0.870. The van der Waals surface area contributed by atoms with Crippen LogP contribution in [0.15, 0.2) is 0 Å². The Kier molecular flexibility index (Phi) is 2.56. The SMILES string of the molecule is COCc1nc2c(n1C)C(N)CCC2. The first-order valence-electron chi connectivity index (χ1n) is 5.03. The Labute approximate surface area is 84.1 Å². The van der Waals surface area contributed by atoms with Gasteiger partial charge in [0.05, 0.1) is 11.4 Å². The first-order valence-corrected chi connectivity index (χ1v) is 5.03. The highest BCUT2D eigenvalue weighted by Crippen LogP contribution is 2.27. The first-order chi connectivity index (χ1) is 6.74. The maximum absolute atomic E-state index is 6.06. The molecule has 1 atom stereocenters. The third kappa shape index (κ3) is 1.44. The summed E-state index contributed by atoms with van der Waals surface area (Å²) in [6.45, 7) is 0.566. The largest absolute Gasteiger partial charge is 0.377 e. The molecule has 0 aliphatic heterocycles. The Morgan fingerprint density at radius 2 is 2.43 bits per heavy atom. The zero-order chi connectivity index (χ0) is 10.1. The summed E-state index contributed by atoms with van der Waals surface area (Å²) in [5, 5.41) is 0. The van der Waals surface area contributed by atoms with Crippen LogP contribution in [0.2, 0.25) is 0 Å². The summed E-state index contributed by atoms with van der Waals surface area (Å²) in [4.78, 5) is 4.55. The zero-order valence-electron chi connectivity index (χ0n) is 8.79. The van der Waals surface area contributed by atoms with Crippen LogP contribution >= 0.6 is 0 Å². The number of methoxy groups -OCH3 is 1. The average molecular weight is 195 g/mol. The molecule has 0 saturated heterocycles. The van der Waals surface area contributed by atoms with Crippen LogP contribution in [0.1, 0.15) is 36.1 Å². The van der Waals surface area contributed by atoms with Crippen LogP contribution in [-0.4, -0.2) is 16.7 Å². The van der Waals surface area contributed by atoms with Gasteiger partial charge < -0.3 is 15.0 Å². The lowest BCUT2D eigenvalue weighted by molar-refractivity contribution is 0.175. The normalized spacial score (nSPS) is 20.9. The molecule has 2 N–H and O–H groups in total. The molecule has 0 saturated carbocycles. The van der Waals surface area contributed by atoms with Gasteiger partial charge in [-0.3, -0.25) is 0 Å². The van der Waals surface area contributed by atoms with Gasteiger partial charge in [0.25, 0.3) is 0 Å². The van der Waals surface area contributed by atoms with Crippen LogP contribution in [0.4, 0.5) is 0 Å². The van der Waals surface area contributed by atoms with Gasteiger partial charge in [0, 0.05) is 20.2 Å². The molecule has 4 nitrogen and oxygen atoms in total. The summed E-state index contributed by atoms with van der Waals surface area (Å²) in [7, 11) is 3.71. The molecule has 1 aliphatic carbocycles. The van der Waals surface area contributed by atoms with Crippen molar-refractivity contribution in [3.8, 4) is 0 Å². The second-order valence-electron chi connectivity index (χ2n) is 3.85. The third-order valence-electron chi connectivity index (χ3n) is 2.86. The van der Waals surface area contributed by atoms with Crippen molar-refractivity contribution >= 4 is 0 Å². The second kappa shape index (κ2) is 3.71. The van der Waals surface area contributed by atoms with Crippen molar-refractivity contribution in [1.82, 2.24) is 9.55 Å². The number of ether oxygens (including phenoxy) is 1. The van der Waals surface area contributed by atoms with Crippen LogP contribution in [0.5, 0.6) is 0 Å². The predicted octanol–water partition coefficient (Wildman–Crippen LogP) is 0.903. The number of hydrogen-bond acceptors (Lipinski definition) is 3. The van der Waals surface area contributed by atoms with Crippen molar-refractivity contribution in [1.29, 1.82) is 0 Å². The van der Waals surface area contributed by atoms with Crippen molar-refractivity contribution < 1.29 is 4.74 Å². The van der Waals surface area contributed by atoms with Gasteiger partial charge in [0.1, 0.15) is 12.4 Å². The molecular weight excluding hydrogens is 178 g/mol. The number of aromatic nitrogens is 2. The average Bonchev–Trinajstić information content (AvgIpc) is 2.46. The lowest BCUT2D eigenvalue weighted by atomic mass is 9.97. The fraction of sp³-hybridized carbons (Fsp3) is 0.700. The summed E-state index contributed by atoms with van der Waals surface area (Å²) in [5.74, 6) is 0.981. The van der Waals surface area contributed by atoms with Crippen molar-refractivity contribution in [3.05, 3.63) is 17.2 Å². The van der Waals surface area contributed by atoms with Crippen molar-refractivity contribution in [3.63, 3.8) is 0 Å². The number of nitrogens with two attached hydrogens (primary N) is 1. The van der Waals surface area contributed by atoms with E-state index in [1.807, 2.05) is 7.05 Å². The monoisotopic (exact) mass is 195 g/mol. The maximum Gasteiger partial charge on any atom is 0.135 e. The molecular formula is C10H17N3O. The summed E-state index contributed by atoms with van der Waals surface area (Å²) in [6, 6.07) is 0.154. The van der Waals surface area contributed by atoms with Gasteiger partial charge >= 0.3 is 0 Å². The maximum atomic E-state index is 6.06. The highest BCUT2D eigenvalue weighted by molar-refractivity contribution is 5.23. The molecule has 1 aromatic heterocycles. The van der Waals surface area contributed by atoms with Crippen LogP contribution in [-0.2, 0) is 24.8 Å². The molecule has 0 spiro atoms. The zero-order valence-corrected chi connectivity index (χ0v) is 8.79. The van der Waals surface area contributed by atoms with E-state index in [-0.39, 0.29) is 6.04 Å². The van der Waals surface area contributed by atoms with Crippen LogP contribution < -0.4 is 5.73 Å². The molecule has 4 heteroatoms. The van der Waals surface area contributed by atoms with E-state index >= 15 is 0 Å². The first kappa shape index (κ1) is 9.68. The quantitative estimate of drug-likeness (QED) is 0.763. The van der Waals surface area contributed by atoms with Crippen LogP contribution in [0.3, 0.4) is 0 Å². The second-order valence-corrected chi connectivity index (χ2v) is 3.85. The van der Waals surface area contributed by atoms with E-state index in [9.17, 15) is 0 Å². The summed E-state index contributed by atoms with van der Waals surface area (Å²) in [6.07, 6.45) is 3.27. The number of imidazole rings is 1. The molecule has 2 rings (SSSR count). The molecule has 0 amide bonds. The minimum Gasteiger partial charge on any atom is -0.377 e. The Bertz CT molecular complexity index is 332. The van der Waals surface area contributed by atoms with E-state index in [0.29, 0.717) is 6.61 Å². The van der Waals surface area contributed by atoms with Crippen molar-refractivity contribution in [2.24, 2.45) is 12.8 Å². The van der Waals surface area contributed by atoms with E-state index in [0.717, 1.165) is 25.1 Å².